The van der Waals surface area contributed by atoms with Gasteiger partial charge in [-0.2, -0.15) is 0 Å². The van der Waals surface area contributed by atoms with Crippen LogP contribution in [0.3, 0.4) is 0 Å². The Bertz CT molecular complexity index is 329. The Morgan fingerprint density at radius 3 is 2.67 bits per heavy atom. The lowest BCUT2D eigenvalue weighted by Gasteiger charge is -2.14. The van der Waals surface area contributed by atoms with Crippen molar-refractivity contribution in [2.45, 2.75) is 13.5 Å². The number of hydrogen-bond acceptors (Lipinski definition) is 3. The largest absolute Gasteiger partial charge is 0.493 e. The summed E-state index contributed by atoms with van der Waals surface area (Å²) in [4.78, 5) is 0. The summed E-state index contributed by atoms with van der Waals surface area (Å²) in [6.45, 7) is 3.25. The topological polar surface area (TPSA) is 30.5 Å². The number of benzene rings is 1. The molecule has 1 N–H and O–H groups in total. The number of methoxy groups -OCH3 is 1. The maximum absolute atomic E-state index is 5.97. The molecular weight excluding hydrogens is 214 g/mol. The molecule has 0 fully saturated rings. The molecule has 4 heteroatoms. The summed E-state index contributed by atoms with van der Waals surface area (Å²) < 4.78 is 10.8. The van der Waals surface area contributed by atoms with Crippen LogP contribution >= 0.6 is 11.6 Å². The van der Waals surface area contributed by atoms with Crippen LogP contribution in [0.1, 0.15) is 12.5 Å². The third kappa shape index (κ3) is 3.01. The van der Waals surface area contributed by atoms with Gasteiger partial charge >= 0.3 is 0 Å². The number of nitrogens with one attached hydrogen (secondary N) is 1. The minimum absolute atomic E-state index is 0.606. The van der Waals surface area contributed by atoms with Crippen LogP contribution in [0, 0.1) is 0 Å². The summed E-state index contributed by atoms with van der Waals surface area (Å²) >= 11 is 5.97. The van der Waals surface area contributed by atoms with Crippen molar-refractivity contribution < 1.29 is 9.47 Å². The Morgan fingerprint density at radius 2 is 2.13 bits per heavy atom. The first-order valence-electron chi connectivity index (χ1n) is 4.86. The Labute approximate surface area is 95.3 Å². The fourth-order valence-corrected chi connectivity index (χ4v) is 1.64. The molecule has 1 aromatic carbocycles. The number of hydrogen-bond donors (Lipinski definition) is 1. The molecule has 0 aliphatic heterocycles. The van der Waals surface area contributed by atoms with Gasteiger partial charge in [0, 0.05) is 23.2 Å². The van der Waals surface area contributed by atoms with Gasteiger partial charge in [0.25, 0.3) is 0 Å². The second-order valence-electron chi connectivity index (χ2n) is 3.06. The zero-order chi connectivity index (χ0) is 11.3. The van der Waals surface area contributed by atoms with Crippen molar-refractivity contribution in [3.8, 4) is 11.5 Å². The highest BCUT2D eigenvalue weighted by Crippen LogP contribution is 2.34. The highest BCUT2D eigenvalue weighted by Gasteiger charge is 2.11. The highest BCUT2D eigenvalue weighted by molar-refractivity contribution is 6.30. The van der Waals surface area contributed by atoms with Crippen molar-refractivity contribution in [3.05, 3.63) is 22.7 Å². The van der Waals surface area contributed by atoms with E-state index in [0.717, 1.165) is 11.3 Å². The van der Waals surface area contributed by atoms with Crippen LogP contribution < -0.4 is 14.8 Å². The van der Waals surface area contributed by atoms with Crippen molar-refractivity contribution >= 4 is 11.6 Å². The quantitative estimate of drug-likeness (QED) is 0.842. The van der Waals surface area contributed by atoms with E-state index in [4.69, 9.17) is 21.1 Å². The van der Waals surface area contributed by atoms with Crippen LogP contribution in [0.4, 0.5) is 0 Å². The molecule has 0 bridgehead atoms. The Kier molecular flexibility index (Phi) is 4.72. The van der Waals surface area contributed by atoms with Crippen LogP contribution in [-0.4, -0.2) is 20.8 Å². The first-order chi connectivity index (χ1) is 7.22. The molecular formula is C11H16ClNO2. The zero-order valence-electron chi connectivity index (χ0n) is 9.26. The fraction of sp³-hybridized carbons (Fsp3) is 0.455. The van der Waals surface area contributed by atoms with E-state index in [1.807, 2.05) is 20.0 Å². The van der Waals surface area contributed by atoms with Gasteiger partial charge in [0.1, 0.15) is 0 Å². The van der Waals surface area contributed by atoms with Gasteiger partial charge in [0.05, 0.1) is 13.7 Å². The third-order valence-electron chi connectivity index (χ3n) is 1.97. The number of ether oxygens (including phenoxy) is 2. The minimum Gasteiger partial charge on any atom is -0.493 e. The Morgan fingerprint density at radius 1 is 1.40 bits per heavy atom. The van der Waals surface area contributed by atoms with Crippen LogP contribution in [0.15, 0.2) is 12.1 Å². The van der Waals surface area contributed by atoms with E-state index in [9.17, 15) is 0 Å². The van der Waals surface area contributed by atoms with Crippen LogP contribution in [-0.2, 0) is 6.54 Å². The van der Waals surface area contributed by atoms with Crippen molar-refractivity contribution in [1.82, 2.24) is 5.32 Å². The van der Waals surface area contributed by atoms with E-state index in [0.29, 0.717) is 23.9 Å². The van der Waals surface area contributed by atoms with Gasteiger partial charge in [-0.1, -0.05) is 11.6 Å². The van der Waals surface area contributed by atoms with E-state index in [-0.39, 0.29) is 0 Å². The van der Waals surface area contributed by atoms with Gasteiger partial charge in [-0.05, 0) is 20.0 Å². The highest BCUT2D eigenvalue weighted by atomic mass is 35.5. The predicted molar refractivity (Wildman–Crippen MR) is 61.9 cm³/mol. The van der Waals surface area contributed by atoms with Crippen LogP contribution in [0.2, 0.25) is 5.02 Å². The average molecular weight is 230 g/mol. The molecule has 0 aliphatic carbocycles. The second-order valence-corrected chi connectivity index (χ2v) is 3.50. The lowest BCUT2D eigenvalue weighted by atomic mass is 10.2. The molecule has 1 aromatic rings. The lowest BCUT2D eigenvalue weighted by molar-refractivity contribution is 0.307. The van der Waals surface area contributed by atoms with Crippen LogP contribution in [0.25, 0.3) is 0 Å². The lowest BCUT2D eigenvalue weighted by Crippen LogP contribution is -2.08. The number of halogens is 1. The summed E-state index contributed by atoms with van der Waals surface area (Å²) in [6, 6.07) is 3.64. The van der Waals surface area contributed by atoms with E-state index in [2.05, 4.69) is 5.32 Å². The molecule has 0 saturated carbocycles. The first-order valence-corrected chi connectivity index (χ1v) is 5.24. The minimum atomic E-state index is 0.606. The standard InChI is InChI=1S/C11H16ClNO2/c1-4-15-11-8(7-13-2)5-9(12)6-10(11)14-3/h5-6,13H,4,7H2,1-3H3. The van der Waals surface area contributed by atoms with E-state index in [1.165, 1.54) is 0 Å². The van der Waals surface area contributed by atoms with Crippen molar-refractivity contribution in [2.75, 3.05) is 20.8 Å². The summed E-state index contributed by atoms with van der Waals surface area (Å²) in [7, 11) is 3.49. The molecule has 0 aliphatic rings. The van der Waals surface area contributed by atoms with Crippen molar-refractivity contribution in [1.29, 1.82) is 0 Å². The molecule has 3 nitrogen and oxygen atoms in total. The molecule has 0 saturated heterocycles. The molecule has 0 radical (unpaired) electrons. The summed E-state index contributed by atoms with van der Waals surface area (Å²) in [5.41, 5.74) is 1.00. The average Bonchev–Trinajstić information content (AvgIpc) is 2.22. The normalized spacial score (nSPS) is 10.1. The molecule has 15 heavy (non-hydrogen) atoms. The zero-order valence-corrected chi connectivity index (χ0v) is 10.0. The SMILES string of the molecule is CCOc1c(CNC)cc(Cl)cc1OC. The molecule has 0 atom stereocenters. The van der Waals surface area contributed by atoms with Gasteiger partial charge in [-0.15, -0.1) is 0 Å². The molecule has 1 rings (SSSR count). The molecule has 0 unspecified atom stereocenters. The fourth-order valence-electron chi connectivity index (χ4n) is 1.40. The molecule has 84 valence electrons. The predicted octanol–water partition coefficient (Wildman–Crippen LogP) is 2.47. The summed E-state index contributed by atoms with van der Waals surface area (Å²) in [5, 5.41) is 3.72. The first kappa shape index (κ1) is 12.1. The second kappa shape index (κ2) is 5.83. The summed E-state index contributed by atoms with van der Waals surface area (Å²) in [6.07, 6.45) is 0. The van der Waals surface area contributed by atoms with E-state index >= 15 is 0 Å². The van der Waals surface area contributed by atoms with Gasteiger partial charge < -0.3 is 14.8 Å². The maximum Gasteiger partial charge on any atom is 0.165 e. The third-order valence-corrected chi connectivity index (χ3v) is 2.19. The van der Waals surface area contributed by atoms with Gasteiger partial charge in [0.15, 0.2) is 11.5 Å². The van der Waals surface area contributed by atoms with Gasteiger partial charge in [-0.3, -0.25) is 0 Å². The molecule has 0 aromatic heterocycles. The van der Waals surface area contributed by atoms with E-state index < -0.39 is 0 Å². The monoisotopic (exact) mass is 229 g/mol. The van der Waals surface area contributed by atoms with Gasteiger partial charge in [-0.25, -0.2) is 0 Å². The summed E-state index contributed by atoms with van der Waals surface area (Å²) in [5.74, 6) is 1.44. The maximum atomic E-state index is 5.97. The van der Waals surface area contributed by atoms with Gasteiger partial charge in [0.2, 0.25) is 0 Å². The van der Waals surface area contributed by atoms with E-state index in [1.54, 1.807) is 13.2 Å². The number of rotatable bonds is 5. The molecule has 0 spiro atoms. The Balaban J connectivity index is 3.14. The molecule has 0 amide bonds. The van der Waals surface area contributed by atoms with Crippen molar-refractivity contribution in [2.24, 2.45) is 0 Å². The smallest absolute Gasteiger partial charge is 0.165 e. The molecule has 0 heterocycles. The van der Waals surface area contributed by atoms with Crippen LogP contribution in [0.5, 0.6) is 11.5 Å². The van der Waals surface area contributed by atoms with Crippen molar-refractivity contribution in [3.63, 3.8) is 0 Å². The Hall–Kier alpha value is -0.930.